The number of nitrogens with zero attached hydrogens (tertiary/aromatic N) is 5. The van der Waals surface area contributed by atoms with Gasteiger partial charge in [0.15, 0.2) is 0 Å². The average Bonchev–Trinajstić information content (AvgIpc) is 2.89. The van der Waals surface area contributed by atoms with Crippen molar-refractivity contribution in [2.45, 2.75) is 40.3 Å². The summed E-state index contributed by atoms with van der Waals surface area (Å²) in [4.78, 5) is 16.1. The Morgan fingerprint density at radius 2 is 2.05 bits per heavy atom. The van der Waals surface area contributed by atoms with Crippen molar-refractivity contribution in [3.05, 3.63) is 23.3 Å². The Morgan fingerprint density at radius 1 is 1.33 bits per heavy atom. The minimum Gasteiger partial charge on any atom is -0.334 e. The molecule has 0 aliphatic carbocycles. The van der Waals surface area contributed by atoms with Crippen molar-refractivity contribution in [1.29, 1.82) is 0 Å². The summed E-state index contributed by atoms with van der Waals surface area (Å²) in [6, 6.07) is -0.131. The first kappa shape index (κ1) is 15.0. The summed E-state index contributed by atoms with van der Waals surface area (Å²) in [6.45, 7) is 8.20. The molecule has 2 rings (SSSR count). The first-order chi connectivity index (χ1) is 9.86. The van der Waals surface area contributed by atoms with Gasteiger partial charge in [-0.2, -0.15) is 10.1 Å². The Morgan fingerprint density at radius 3 is 2.57 bits per heavy atom. The van der Waals surface area contributed by atoms with E-state index in [1.807, 2.05) is 40.9 Å². The molecule has 0 saturated heterocycles. The molecular weight excluding hydrogens is 270 g/mol. The molecule has 2 amide bonds. The lowest BCUT2D eigenvalue weighted by molar-refractivity contribution is 0.251. The van der Waals surface area contributed by atoms with Crippen molar-refractivity contribution in [3.8, 4) is 0 Å². The fourth-order valence-corrected chi connectivity index (χ4v) is 2.09. The fraction of sp³-hybridized carbons (Fsp3) is 0.538. The van der Waals surface area contributed by atoms with E-state index in [2.05, 4.69) is 25.8 Å². The summed E-state index contributed by atoms with van der Waals surface area (Å²) in [5, 5.41) is 13.9. The van der Waals surface area contributed by atoms with Crippen LogP contribution in [0.3, 0.4) is 0 Å². The predicted octanol–water partition coefficient (Wildman–Crippen LogP) is 1.53. The zero-order valence-corrected chi connectivity index (χ0v) is 13.0. The van der Waals surface area contributed by atoms with Crippen LogP contribution in [0.25, 0.3) is 0 Å². The van der Waals surface area contributed by atoms with Crippen LogP contribution in [0.15, 0.2) is 6.20 Å². The van der Waals surface area contributed by atoms with Crippen molar-refractivity contribution < 1.29 is 4.79 Å². The predicted molar refractivity (Wildman–Crippen MR) is 78.9 cm³/mol. The highest BCUT2D eigenvalue weighted by Crippen LogP contribution is 2.09. The molecule has 114 valence electrons. The highest BCUT2D eigenvalue weighted by atomic mass is 16.2. The van der Waals surface area contributed by atoms with Crippen molar-refractivity contribution in [3.63, 3.8) is 0 Å². The highest BCUT2D eigenvalue weighted by Gasteiger charge is 2.11. The highest BCUT2D eigenvalue weighted by molar-refractivity contribution is 5.87. The number of carbonyl (C=O) groups is 1. The van der Waals surface area contributed by atoms with E-state index >= 15 is 0 Å². The van der Waals surface area contributed by atoms with Gasteiger partial charge in [-0.05, 0) is 27.7 Å². The normalized spacial score (nSPS) is 11.0. The molecular formula is C13H21N7O. The number of hydrogen-bond acceptors (Lipinski definition) is 4. The second kappa shape index (κ2) is 5.94. The average molecular weight is 291 g/mol. The summed E-state index contributed by atoms with van der Waals surface area (Å²) < 4.78 is 3.49. The fourth-order valence-electron chi connectivity index (χ4n) is 2.09. The van der Waals surface area contributed by atoms with Crippen molar-refractivity contribution in [2.24, 2.45) is 7.05 Å². The molecule has 0 radical (unpaired) electrons. The summed E-state index contributed by atoms with van der Waals surface area (Å²) in [7, 11) is 1.85. The zero-order valence-electron chi connectivity index (χ0n) is 13.0. The number of aryl methyl sites for hydroxylation is 3. The topological polar surface area (TPSA) is 89.7 Å². The number of amides is 2. The third kappa shape index (κ3) is 3.59. The molecule has 2 heterocycles. The Labute approximate surface area is 123 Å². The van der Waals surface area contributed by atoms with E-state index in [0.717, 1.165) is 17.1 Å². The van der Waals surface area contributed by atoms with Gasteiger partial charge in [0.2, 0.25) is 5.95 Å². The molecule has 21 heavy (non-hydrogen) atoms. The van der Waals surface area contributed by atoms with Crippen LogP contribution in [0.4, 0.5) is 10.7 Å². The van der Waals surface area contributed by atoms with Gasteiger partial charge in [0.05, 0.1) is 5.69 Å². The molecule has 2 aromatic heterocycles. The van der Waals surface area contributed by atoms with E-state index in [1.54, 1.807) is 9.36 Å². The van der Waals surface area contributed by atoms with E-state index in [1.165, 1.54) is 0 Å². The molecule has 0 saturated carbocycles. The molecule has 8 heteroatoms. The minimum absolute atomic E-state index is 0.203. The van der Waals surface area contributed by atoms with Crippen LogP contribution in [0.5, 0.6) is 0 Å². The molecule has 0 aromatic carbocycles. The third-order valence-corrected chi connectivity index (χ3v) is 3.07. The van der Waals surface area contributed by atoms with Crippen molar-refractivity contribution >= 4 is 12.0 Å². The van der Waals surface area contributed by atoms with Gasteiger partial charge in [0.25, 0.3) is 0 Å². The van der Waals surface area contributed by atoms with E-state index in [4.69, 9.17) is 0 Å². The summed E-state index contributed by atoms with van der Waals surface area (Å²) >= 11 is 0. The quantitative estimate of drug-likeness (QED) is 0.894. The van der Waals surface area contributed by atoms with E-state index in [-0.39, 0.29) is 12.1 Å². The van der Waals surface area contributed by atoms with Gasteiger partial charge in [-0.1, -0.05) is 0 Å². The van der Waals surface area contributed by atoms with E-state index in [9.17, 15) is 4.79 Å². The van der Waals surface area contributed by atoms with Gasteiger partial charge in [-0.25, -0.2) is 9.48 Å². The smallest absolute Gasteiger partial charge is 0.321 e. The van der Waals surface area contributed by atoms with Crippen LogP contribution in [0, 0.1) is 13.8 Å². The van der Waals surface area contributed by atoms with Gasteiger partial charge < -0.3 is 5.32 Å². The molecule has 0 aliphatic rings. The molecule has 0 bridgehead atoms. The largest absolute Gasteiger partial charge is 0.334 e. The Bertz CT molecular complexity index is 641. The lowest BCUT2D eigenvalue weighted by atomic mass is 10.3. The number of rotatable bonds is 4. The lowest BCUT2D eigenvalue weighted by Crippen LogP contribution is -2.28. The number of hydrogen-bond donors (Lipinski definition) is 2. The summed E-state index contributed by atoms with van der Waals surface area (Å²) in [5.41, 5.74) is 1.88. The minimum atomic E-state index is -0.334. The molecule has 8 nitrogen and oxygen atoms in total. The number of carbonyl (C=O) groups excluding carboxylic acids is 1. The Balaban J connectivity index is 1.93. The summed E-state index contributed by atoms with van der Waals surface area (Å²) in [6.07, 6.45) is 1.88. The van der Waals surface area contributed by atoms with Crippen LogP contribution in [0.1, 0.15) is 37.0 Å². The first-order valence-corrected chi connectivity index (χ1v) is 6.84. The van der Waals surface area contributed by atoms with Crippen molar-refractivity contribution in [2.75, 3.05) is 5.32 Å². The molecule has 0 aliphatic heterocycles. The van der Waals surface area contributed by atoms with E-state index in [0.29, 0.717) is 12.5 Å². The molecule has 0 spiro atoms. The van der Waals surface area contributed by atoms with Gasteiger partial charge in [0, 0.05) is 31.4 Å². The molecule has 0 atom stereocenters. The summed E-state index contributed by atoms with van der Waals surface area (Å²) in [5.74, 6) is 1.07. The maximum absolute atomic E-state index is 11.9. The van der Waals surface area contributed by atoms with Gasteiger partial charge in [-0.15, -0.1) is 5.10 Å². The molecule has 2 N–H and O–H groups in total. The van der Waals surface area contributed by atoms with Crippen molar-refractivity contribution in [1.82, 2.24) is 29.9 Å². The van der Waals surface area contributed by atoms with Crippen LogP contribution < -0.4 is 10.6 Å². The SMILES string of the molecule is Cc1nn(C)cc1CNC(=O)Nc1nc(C)n(C(C)C)n1. The maximum atomic E-state index is 11.9. The second-order valence-corrected chi connectivity index (χ2v) is 5.24. The molecule has 0 unspecified atom stereocenters. The number of urea groups is 1. The number of nitrogens with one attached hydrogen (secondary N) is 2. The van der Waals surface area contributed by atoms with Gasteiger partial charge >= 0.3 is 6.03 Å². The molecule has 0 fully saturated rings. The molecule has 2 aromatic rings. The number of aromatic nitrogens is 5. The second-order valence-electron chi connectivity index (χ2n) is 5.24. The lowest BCUT2D eigenvalue weighted by Gasteiger charge is -2.05. The van der Waals surface area contributed by atoms with Crippen LogP contribution >= 0.6 is 0 Å². The zero-order chi connectivity index (χ0) is 15.6. The maximum Gasteiger partial charge on any atom is 0.321 e. The van der Waals surface area contributed by atoms with Crippen LogP contribution in [0.2, 0.25) is 0 Å². The van der Waals surface area contributed by atoms with Gasteiger partial charge in [0.1, 0.15) is 5.82 Å². The first-order valence-electron chi connectivity index (χ1n) is 6.84. The monoisotopic (exact) mass is 291 g/mol. The van der Waals surface area contributed by atoms with E-state index < -0.39 is 0 Å². The number of anilines is 1. The van der Waals surface area contributed by atoms with Crippen LogP contribution in [-0.4, -0.2) is 30.6 Å². The Hall–Kier alpha value is -2.38. The van der Waals surface area contributed by atoms with Gasteiger partial charge in [-0.3, -0.25) is 10.00 Å². The Kier molecular flexibility index (Phi) is 4.25. The third-order valence-electron chi connectivity index (χ3n) is 3.07. The van der Waals surface area contributed by atoms with Crippen LogP contribution in [-0.2, 0) is 13.6 Å². The standard InChI is InChI=1S/C13H21N7O/c1-8(2)20-10(4)15-12(18-20)16-13(21)14-6-11-7-19(5)17-9(11)3/h7-8H,6H2,1-5H3,(H2,14,16,18,21).